The molecule has 7 heteroatoms. The van der Waals surface area contributed by atoms with Gasteiger partial charge in [-0.05, 0) is 30.7 Å². The number of urea groups is 1. The largest absolute Gasteiger partial charge is 0.381 e. The molecule has 1 aliphatic heterocycles. The van der Waals surface area contributed by atoms with Gasteiger partial charge in [-0.15, -0.1) is 0 Å². The van der Waals surface area contributed by atoms with Crippen molar-refractivity contribution in [2.24, 2.45) is 5.92 Å². The number of amides is 2. The molecule has 1 saturated heterocycles. The van der Waals surface area contributed by atoms with Crippen molar-refractivity contribution in [3.05, 3.63) is 30.1 Å². The lowest BCUT2D eigenvalue weighted by Crippen LogP contribution is -2.33. The van der Waals surface area contributed by atoms with Gasteiger partial charge in [0.25, 0.3) is 5.89 Å². The molecule has 128 valence electrons. The third kappa shape index (κ3) is 4.11. The lowest BCUT2D eigenvalue weighted by molar-refractivity contribution is 0.185. The number of hydrogen-bond acceptors (Lipinski definition) is 5. The summed E-state index contributed by atoms with van der Waals surface area (Å²) in [5.74, 6) is 1.79. The Morgan fingerprint density at radius 3 is 2.75 bits per heavy atom. The van der Waals surface area contributed by atoms with Crippen molar-refractivity contribution in [1.82, 2.24) is 15.5 Å². The fraction of sp³-hybridized carbons (Fsp3) is 0.471. The molecule has 1 aromatic carbocycles. The second kappa shape index (κ2) is 7.44. The Morgan fingerprint density at radius 1 is 1.33 bits per heavy atom. The highest BCUT2D eigenvalue weighted by Crippen LogP contribution is 2.21. The Bertz CT molecular complexity index is 675. The molecule has 2 aromatic rings. The number of carbonyl (C=O) groups excluding carboxylic acids is 1. The molecule has 2 amide bonds. The summed E-state index contributed by atoms with van der Waals surface area (Å²) in [6.07, 6.45) is 0.998. The van der Waals surface area contributed by atoms with E-state index in [9.17, 15) is 4.79 Å². The summed E-state index contributed by atoms with van der Waals surface area (Å²) >= 11 is 0. The second-order valence-corrected chi connectivity index (χ2v) is 6.25. The molecular weight excluding hydrogens is 308 g/mol. The van der Waals surface area contributed by atoms with Crippen molar-refractivity contribution in [1.29, 1.82) is 0 Å². The highest BCUT2D eigenvalue weighted by molar-refractivity contribution is 5.89. The predicted octanol–water partition coefficient (Wildman–Crippen LogP) is 3.02. The molecule has 1 fully saturated rings. The minimum atomic E-state index is -0.213. The number of aromatic nitrogens is 2. The van der Waals surface area contributed by atoms with Crippen LogP contribution in [0.5, 0.6) is 0 Å². The van der Waals surface area contributed by atoms with E-state index in [1.807, 2.05) is 38.1 Å². The van der Waals surface area contributed by atoms with Crippen LogP contribution in [0.25, 0.3) is 11.5 Å². The molecule has 0 radical (unpaired) electrons. The lowest BCUT2D eigenvalue weighted by atomic mass is 10.1. The molecule has 0 bridgehead atoms. The van der Waals surface area contributed by atoms with E-state index >= 15 is 0 Å². The maximum atomic E-state index is 11.9. The molecule has 0 saturated carbocycles. The van der Waals surface area contributed by atoms with Crippen LogP contribution in [0, 0.1) is 5.92 Å². The first-order valence-corrected chi connectivity index (χ1v) is 8.18. The van der Waals surface area contributed by atoms with E-state index in [0.717, 1.165) is 25.2 Å². The van der Waals surface area contributed by atoms with Crippen LogP contribution in [0.15, 0.2) is 28.8 Å². The molecule has 1 atom stereocenters. The number of carbonyl (C=O) groups is 1. The van der Waals surface area contributed by atoms with Gasteiger partial charge in [0.2, 0.25) is 0 Å². The van der Waals surface area contributed by atoms with Crippen LogP contribution < -0.4 is 10.6 Å². The molecule has 0 spiro atoms. The standard InChI is InChI=1S/C17H22N4O3/c1-11(2)15-20-16(24-21-15)13-3-5-14(6-4-13)19-17(22)18-9-12-7-8-23-10-12/h3-6,11-12H,7-10H2,1-2H3,(H2,18,19,22)/t12-/m0/s1. The summed E-state index contributed by atoms with van der Waals surface area (Å²) in [7, 11) is 0. The number of ether oxygens (including phenoxy) is 1. The molecule has 1 aromatic heterocycles. The Morgan fingerprint density at radius 2 is 2.12 bits per heavy atom. The smallest absolute Gasteiger partial charge is 0.319 e. The minimum Gasteiger partial charge on any atom is -0.381 e. The zero-order valence-corrected chi connectivity index (χ0v) is 13.9. The van der Waals surface area contributed by atoms with Crippen LogP contribution >= 0.6 is 0 Å². The van der Waals surface area contributed by atoms with E-state index in [-0.39, 0.29) is 11.9 Å². The summed E-state index contributed by atoms with van der Waals surface area (Å²) in [5, 5.41) is 9.62. The fourth-order valence-electron chi connectivity index (χ4n) is 2.44. The van der Waals surface area contributed by atoms with Crippen molar-refractivity contribution in [2.45, 2.75) is 26.2 Å². The lowest BCUT2D eigenvalue weighted by Gasteiger charge is -2.10. The van der Waals surface area contributed by atoms with Crippen LogP contribution in [0.4, 0.5) is 10.5 Å². The summed E-state index contributed by atoms with van der Waals surface area (Å²) in [5.41, 5.74) is 1.53. The molecule has 0 aliphatic carbocycles. The van der Waals surface area contributed by atoms with Gasteiger partial charge in [0.05, 0.1) is 6.61 Å². The first-order chi connectivity index (χ1) is 11.6. The third-order valence-electron chi connectivity index (χ3n) is 3.92. The number of anilines is 1. The van der Waals surface area contributed by atoms with Gasteiger partial charge in [0, 0.05) is 36.2 Å². The van der Waals surface area contributed by atoms with Crippen molar-refractivity contribution in [3.63, 3.8) is 0 Å². The summed E-state index contributed by atoms with van der Waals surface area (Å²) < 4.78 is 10.5. The maximum absolute atomic E-state index is 11.9. The van der Waals surface area contributed by atoms with Gasteiger partial charge in [0.15, 0.2) is 5.82 Å². The van der Waals surface area contributed by atoms with Gasteiger partial charge in [-0.1, -0.05) is 19.0 Å². The molecule has 2 N–H and O–H groups in total. The first-order valence-electron chi connectivity index (χ1n) is 8.18. The number of rotatable bonds is 5. The Hall–Kier alpha value is -2.41. The van der Waals surface area contributed by atoms with Crippen molar-refractivity contribution >= 4 is 11.7 Å². The van der Waals surface area contributed by atoms with Crippen LogP contribution in [-0.4, -0.2) is 35.9 Å². The SMILES string of the molecule is CC(C)c1noc(-c2ccc(NC(=O)NC[C@@H]3CCOC3)cc2)n1. The van der Waals surface area contributed by atoms with E-state index in [2.05, 4.69) is 20.8 Å². The number of hydrogen-bond donors (Lipinski definition) is 2. The zero-order valence-electron chi connectivity index (χ0n) is 13.9. The predicted molar refractivity (Wildman–Crippen MR) is 89.8 cm³/mol. The highest BCUT2D eigenvalue weighted by Gasteiger charge is 2.16. The number of nitrogens with zero attached hydrogens (tertiary/aromatic N) is 2. The van der Waals surface area contributed by atoms with E-state index in [1.165, 1.54) is 0 Å². The monoisotopic (exact) mass is 330 g/mol. The maximum Gasteiger partial charge on any atom is 0.319 e. The fourth-order valence-corrected chi connectivity index (χ4v) is 2.44. The van der Waals surface area contributed by atoms with Gasteiger partial charge in [-0.25, -0.2) is 4.79 Å². The third-order valence-corrected chi connectivity index (χ3v) is 3.92. The normalized spacial score (nSPS) is 17.2. The zero-order chi connectivity index (χ0) is 16.9. The Balaban J connectivity index is 1.54. The van der Waals surface area contributed by atoms with Gasteiger partial charge in [-0.2, -0.15) is 4.98 Å². The Labute approximate surface area is 140 Å². The molecule has 0 unspecified atom stereocenters. The van der Waals surface area contributed by atoms with E-state index in [0.29, 0.717) is 29.9 Å². The van der Waals surface area contributed by atoms with Gasteiger partial charge < -0.3 is 19.9 Å². The molecule has 7 nitrogen and oxygen atoms in total. The summed E-state index contributed by atoms with van der Waals surface area (Å²) in [6, 6.07) is 7.10. The number of nitrogens with one attached hydrogen (secondary N) is 2. The van der Waals surface area contributed by atoms with Crippen LogP contribution in [0.3, 0.4) is 0 Å². The quantitative estimate of drug-likeness (QED) is 0.879. The molecule has 3 rings (SSSR count). The van der Waals surface area contributed by atoms with E-state index < -0.39 is 0 Å². The van der Waals surface area contributed by atoms with E-state index in [4.69, 9.17) is 9.26 Å². The molecule has 2 heterocycles. The van der Waals surface area contributed by atoms with Crippen molar-refractivity contribution in [2.75, 3.05) is 25.1 Å². The topological polar surface area (TPSA) is 89.3 Å². The van der Waals surface area contributed by atoms with Crippen LogP contribution in [-0.2, 0) is 4.74 Å². The number of benzene rings is 1. The van der Waals surface area contributed by atoms with Crippen LogP contribution in [0.1, 0.15) is 32.0 Å². The average molecular weight is 330 g/mol. The van der Waals surface area contributed by atoms with Gasteiger partial charge >= 0.3 is 6.03 Å². The molecule has 1 aliphatic rings. The van der Waals surface area contributed by atoms with Gasteiger partial charge in [-0.3, -0.25) is 0 Å². The van der Waals surface area contributed by atoms with Crippen molar-refractivity contribution < 1.29 is 14.1 Å². The first kappa shape index (κ1) is 16.4. The minimum absolute atomic E-state index is 0.213. The summed E-state index contributed by atoms with van der Waals surface area (Å²) in [6.45, 7) is 6.15. The van der Waals surface area contributed by atoms with Crippen molar-refractivity contribution in [3.8, 4) is 11.5 Å². The Kier molecular flexibility index (Phi) is 5.10. The van der Waals surface area contributed by atoms with Gasteiger partial charge in [0.1, 0.15) is 0 Å². The second-order valence-electron chi connectivity index (χ2n) is 6.25. The van der Waals surface area contributed by atoms with E-state index in [1.54, 1.807) is 0 Å². The average Bonchev–Trinajstić information content (AvgIpc) is 3.25. The van der Waals surface area contributed by atoms with Crippen LogP contribution in [0.2, 0.25) is 0 Å². The molecule has 24 heavy (non-hydrogen) atoms. The highest BCUT2D eigenvalue weighted by atomic mass is 16.5. The molecular formula is C17H22N4O3. The summed E-state index contributed by atoms with van der Waals surface area (Å²) in [4.78, 5) is 16.3.